The molecule has 0 aliphatic carbocycles. The molecular formula is C15H18ClN3S. The lowest BCUT2D eigenvalue weighted by molar-refractivity contribution is 0.418. The molecule has 0 spiro atoms. The van der Waals surface area contributed by atoms with Crippen molar-refractivity contribution in [2.45, 2.75) is 26.7 Å². The summed E-state index contributed by atoms with van der Waals surface area (Å²) in [5.41, 5.74) is 1.61. The number of hydrogen-bond donors (Lipinski definition) is 0. The van der Waals surface area contributed by atoms with Gasteiger partial charge in [-0.1, -0.05) is 48.9 Å². The number of hydrogen-bond acceptors (Lipinski definition) is 4. The molecule has 1 aliphatic heterocycles. The largest absolute Gasteiger partial charge is 0.346 e. The summed E-state index contributed by atoms with van der Waals surface area (Å²) in [7, 11) is 0. The minimum Gasteiger partial charge on any atom is -0.346 e. The summed E-state index contributed by atoms with van der Waals surface area (Å²) in [6.07, 6.45) is 2.05. The van der Waals surface area contributed by atoms with E-state index >= 15 is 0 Å². The molecule has 0 radical (unpaired) electrons. The van der Waals surface area contributed by atoms with Crippen LogP contribution in [-0.4, -0.2) is 23.3 Å². The smallest absolute Gasteiger partial charge is 0.208 e. The Labute approximate surface area is 128 Å². The summed E-state index contributed by atoms with van der Waals surface area (Å²) in [4.78, 5) is 2.35. The van der Waals surface area contributed by atoms with E-state index in [0.717, 1.165) is 34.7 Å². The molecule has 20 heavy (non-hydrogen) atoms. The number of rotatable bonds is 3. The Kier molecular flexibility index (Phi) is 3.69. The van der Waals surface area contributed by atoms with Crippen LogP contribution in [0.5, 0.6) is 0 Å². The van der Waals surface area contributed by atoms with Crippen LogP contribution in [0.4, 0.5) is 5.13 Å². The van der Waals surface area contributed by atoms with Crippen LogP contribution in [-0.2, 0) is 6.42 Å². The molecule has 3 rings (SSSR count). The number of anilines is 1. The van der Waals surface area contributed by atoms with E-state index in [9.17, 15) is 0 Å². The molecule has 0 unspecified atom stereocenters. The number of nitrogens with zero attached hydrogens (tertiary/aromatic N) is 3. The van der Waals surface area contributed by atoms with Gasteiger partial charge < -0.3 is 4.90 Å². The zero-order valence-corrected chi connectivity index (χ0v) is 13.3. The quantitative estimate of drug-likeness (QED) is 0.857. The zero-order valence-electron chi connectivity index (χ0n) is 11.8. The van der Waals surface area contributed by atoms with Gasteiger partial charge in [-0.15, -0.1) is 10.2 Å². The van der Waals surface area contributed by atoms with Gasteiger partial charge in [-0.25, -0.2) is 0 Å². The second kappa shape index (κ2) is 5.34. The fourth-order valence-corrected chi connectivity index (χ4v) is 3.52. The van der Waals surface area contributed by atoms with Crippen LogP contribution in [0.15, 0.2) is 24.3 Å². The van der Waals surface area contributed by atoms with Gasteiger partial charge in [0.25, 0.3) is 0 Å². The van der Waals surface area contributed by atoms with Gasteiger partial charge in [0, 0.05) is 24.5 Å². The Morgan fingerprint density at radius 2 is 2.00 bits per heavy atom. The molecule has 1 fully saturated rings. The van der Waals surface area contributed by atoms with E-state index in [1.807, 2.05) is 24.3 Å². The first kappa shape index (κ1) is 13.8. The molecule has 1 aromatic carbocycles. The van der Waals surface area contributed by atoms with Gasteiger partial charge in [-0.2, -0.15) is 0 Å². The van der Waals surface area contributed by atoms with Crippen molar-refractivity contribution in [2.75, 3.05) is 18.0 Å². The average molecular weight is 308 g/mol. The molecule has 0 atom stereocenters. The Hall–Kier alpha value is -1.13. The highest BCUT2D eigenvalue weighted by Gasteiger charge is 2.30. The molecule has 106 valence electrons. The fourth-order valence-electron chi connectivity index (χ4n) is 2.50. The van der Waals surface area contributed by atoms with Crippen molar-refractivity contribution in [1.29, 1.82) is 0 Å². The summed E-state index contributed by atoms with van der Waals surface area (Å²) < 4.78 is 0. The first-order valence-corrected chi connectivity index (χ1v) is 8.03. The predicted octanol–water partition coefficient (Wildman–Crippen LogP) is 4.02. The lowest BCUT2D eigenvalue weighted by Gasteiger charge is -2.18. The topological polar surface area (TPSA) is 29.0 Å². The van der Waals surface area contributed by atoms with Crippen molar-refractivity contribution < 1.29 is 0 Å². The molecule has 5 heteroatoms. The fraction of sp³-hybridized carbons (Fsp3) is 0.467. The van der Waals surface area contributed by atoms with Crippen LogP contribution in [0, 0.1) is 5.41 Å². The second-order valence-electron chi connectivity index (χ2n) is 6.12. The SMILES string of the molecule is CC1(C)CCN(c2nnc(Cc3ccc(Cl)cc3)s2)C1. The second-order valence-corrected chi connectivity index (χ2v) is 7.59. The normalized spacial score (nSPS) is 17.6. The molecular weight excluding hydrogens is 290 g/mol. The van der Waals surface area contributed by atoms with Crippen LogP contribution in [0.25, 0.3) is 0 Å². The van der Waals surface area contributed by atoms with E-state index in [1.54, 1.807) is 11.3 Å². The molecule has 0 amide bonds. The predicted molar refractivity (Wildman–Crippen MR) is 84.8 cm³/mol. The van der Waals surface area contributed by atoms with Gasteiger partial charge in [-0.3, -0.25) is 0 Å². The maximum absolute atomic E-state index is 5.90. The van der Waals surface area contributed by atoms with Crippen molar-refractivity contribution in [3.63, 3.8) is 0 Å². The van der Waals surface area contributed by atoms with Gasteiger partial charge in [0.2, 0.25) is 5.13 Å². The highest BCUT2D eigenvalue weighted by Crippen LogP contribution is 2.34. The zero-order chi connectivity index (χ0) is 14.2. The lowest BCUT2D eigenvalue weighted by Crippen LogP contribution is -2.22. The summed E-state index contributed by atoms with van der Waals surface area (Å²) in [6, 6.07) is 7.92. The molecule has 2 aromatic rings. The minimum absolute atomic E-state index is 0.391. The molecule has 0 N–H and O–H groups in total. The van der Waals surface area contributed by atoms with E-state index in [2.05, 4.69) is 28.9 Å². The van der Waals surface area contributed by atoms with Gasteiger partial charge in [0.15, 0.2) is 0 Å². The third kappa shape index (κ3) is 3.13. The molecule has 2 heterocycles. The van der Waals surface area contributed by atoms with Crippen LogP contribution in [0.3, 0.4) is 0 Å². The van der Waals surface area contributed by atoms with E-state index in [0.29, 0.717) is 5.41 Å². The molecule has 3 nitrogen and oxygen atoms in total. The van der Waals surface area contributed by atoms with Crippen molar-refractivity contribution in [1.82, 2.24) is 10.2 Å². The summed E-state index contributed by atoms with van der Waals surface area (Å²) in [5, 5.41) is 11.6. The molecule has 0 saturated carbocycles. The number of benzene rings is 1. The first-order valence-electron chi connectivity index (χ1n) is 6.84. The number of halogens is 1. The van der Waals surface area contributed by atoms with Gasteiger partial charge in [-0.05, 0) is 29.5 Å². The van der Waals surface area contributed by atoms with Crippen LogP contribution in [0.1, 0.15) is 30.8 Å². The third-order valence-corrected chi connectivity index (χ3v) is 4.91. The van der Waals surface area contributed by atoms with Crippen molar-refractivity contribution >= 4 is 28.1 Å². The molecule has 1 aliphatic rings. The maximum atomic E-state index is 5.90. The van der Waals surface area contributed by atoms with E-state index in [1.165, 1.54) is 12.0 Å². The standard InChI is InChI=1S/C15H18ClN3S/c1-15(2)7-8-19(10-15)14-18-17-13(20-14)9-11-3-5-12(16)6-4-11/h3-6H,7-10H2,1-2H3. The third-order valence-electron chi connectivity index (χ3n) is 3.67. The Bertz CT molecular complexity index is 591. The highest BCUT2D eigenvalue weighted by molar-refractivity contribution is 7.15. The Morgan fingerprint density at radius 3 is 2.65 bits per heavy atom. The first-order chi connectivity index (χ1) is 9.52. The van der Waals surface area contributed by atoms with Crippen LogP contribution in [0.2, 0.25) is 5.02 Å². The monoisotopic (exact) mass is 307 g/mol. The van der Waals surface area contributed by atoms with Crippen molar-refractivity contribution in [3.05, 3.63) is 39.9 Å². The van der Waals surface area contributed by atoms with Crippen molar-refractivity contribution in [2.24, 2.45) is 5.41 Å². The Morgan fingerprint density at radius 1 is 1.25 bits per heavy atom. The van der Waals surface area contributed by atoms with E-state index in [4.69, 9.17) is 11.6 Å². The molecule has 1 aromatic heterocycles. The van der Waals surface area contributed by atoms with E-state index < -0.39 is 0 Å². The lowest BCUT2D eigenvalue weighted by atomic mass is 9.93. The Balaban J connectivity index is 1.69. The van der Waals surface area contributed by atoms with Gasteiger partial charge in [0.1, 0.15) is 5.01 Å². The highest BCUT2D eigenvalue weighted by atomic mass is 35.5. The average Bonchev–Trinajstić information content (AvgIpc) is 2.99. The van der Waals surface area contributed by atoms with Crippen molar-refractivity contribution in [3.8, 4) is 0 Å². The van der Waals surface area contributed by atoms with Gasteiger partial charge >= 0.3 is 0 Å². The van der Waals surface area contributed by atoms with Crippen LogP contribution < -0.4 is 4.90 Å². The van der Waals surface area contributed by atoms with E-state index in [-0.39, 0.29) is 0 Å². The summed E-state index contributed by atoms with van der Waals surface area (Å²) in [6.45, 7) is 6.77. The van der Waals surface area contributed by atoms with Gasteiger partial charge in [0.05, 0.1) is 0 Å². The summed E-state index contributed by atoms with van der Waals surface area (Å²) in [5.74, 6) is 0. The number of aromatic nitrogens is 2. The molecule has 0 bridgehead atoms. The molecule has 1 saturated heterocycles. The minimum atomic E-state index is 0.391. The summed E-state index contributed by atoms with van der Waals surface area (Å²) >= 11 is 7.60. The maximum Gasteiger partial charge on any atom is 0.208 e. The van der Waals surface area contributed by atoms with Crippen LogP contribution >= 0.6 is 22.9 Å².